The number of nitrogens with zero attached hydrogens (tertiary/aromatic N) is 2. The van der Waals surface area contributed by atoms with E-state index in [9.17, 15) is 10.2 Å². The van der Waals surface area contributed by atoms with E-state index in [1.165, 1.54) is 10.4 Å². The maximum atomic E-state index is 10.9. The predicted molar refractivity (Wildman–Crippen MR) is 162 cm³/mol. The number of phenolic OH excluding ortho intramolecular Hbond substituents is 2. The Balaban J connectivity index is 1.91. The first-order valence-electron chi connectivity index (χ1n) is 13.6. The normalized spacial score (nSPS) is 19.4. The van der Waals surface area contributed by atoms with Gasteiger partial charge in [0.05, 0.1) is 28.2 Å². The fourth-order valence-electron chi connectivity index (χ4n) is 4.83. The van der Waals surface area contributed by atoms with E-state index in [0.29, 0.717) is 11.5 Å². The van der Waals surface area contributed by atoms with Crippen molar-refractivity contribution in [2.75, 3.05) is 0 Å². The average Bonchev–Trinajstić information content (AvgIpc) is 2.81. The summed E-state index contributed by atoms with van der Waals surface area (Å²) in [4.78, 5) is 9.96. The largest absolute Gasteiger partial charge is 0.507 e. The van der Waals surface area contributed by atoms with Crippen molar-refractivity contribution in [2.45, 2.75) is 104 Å². The molecule has 1 aliphatic carbocycles. The second kappa shape index (κ2) is 11.5. The van der Waals surface area contributed by atoms with Gasteiger partial charge in [0.15, 0.2) is 0 Å². The molecule has 1 saturated carbocycles. The molecule has 196 valence electrons. The van der Waals surface area contributed by atoms with Gasteiger partial charge >= 0.3 is 0 Å². The number of rotatable bonds is 8. The van der Waals surface area contributed by atoms with E-state index in [1.54, 1.807) is 0 Å². The third-order valence-corrected chi connectivity index (χ3v) is 11.5. The Labute approximate surface area is 220 Å². The Morgan fingerprint density at radius 1 is 0.694 bits per heavy atom. The first-order valence-corrected chi connectivity index (χ1v) is 20.6. The molecule has 0 aromatic heterocycles. The Morgan fingerprint density at radius 2 is 1.06 bits per heavy atom. The SMILES string of the molecule is CCc1cc([Si](C)(C)C)cc(C=NC2CCCCC2N=Cc2cc([Si](C)(C)C)cc(CC)c2O)c1O. The van der Waals surface area contributed by atoms with Gasteiger partial charge in [0.1, 0.15) is 11.5 Å². The summed E-state index contributed by atoms with van der Waals surface area (Å²) in [5.41, 5.74) is 3.65. The molecule has 6 heteroatoms. The van der Waals surface area contributed by atoms with Gasteiger partial charge in [-0.05, 0) is 36.8 Å². The van der Waals surface area contributed by atoms with Crippen molar-refractivity contribution in [3.05, 3.63) is 46.5 Å². The van der Waals surface area contributed by atoms with Gasteiger partial charge in [-0.3, -0.25) is 9.98 Å². The second-order valence-electron chi connectivity index (χ2n) is 12.3. The van der Waals surface area contributed by atoms with Crippen molar-refractivity contribution in [3.63, 3.8) is 0 Å². The highest BCUT2D eigenvalue weighted by molar-refractivity contribution is 6.89. The zero-order valence-corrected chi connectivity index (χ0v) is 25.7. The van der Waals surface area contributed by atoms with Crippen LogP contribution in [0.1, 0.15) is 61.8 Å². The topological polar surface area (TPSA) is 65.2 Å². The number of aliphatic imine (C=N–C) groups is 2. The molecule has 0 aliphatic heterocycles. The van der Waals surface area contributed by atoms with Gasteiger partial charge in [-0.2, -0.15) is 0 Å². The van der Waals surface area contributed by atoms with Crippen LogP contribution in [-0.4, -0.2) is 50.9 Å². The number of hydrogen-bond acceptors (Lipinski definition) is 4. The summed E-state index contributed by atoms with van der Waals surface area (Å²) in [6.45, 7) is 18.2. The van der Waals surface area contributed by atoms with Crippen LogP contribution in [0.2, 0.25) is 39.3 Å². The van der Waals surface area contributed by atoms with Crippen LogP contribution >= 0.6 is 0 Å². The van der Waals surface area contributed by atoms with Crippen molar-refractivity contribution in [2.24, 2.45) is 9.98 Å². The lowest BCUT2D eigenvalue weighted by Crippen LogP contribution is -2.38. The lowest BCUT2D eigenvalue weighted by atomic mass is 9.91. The van der Waals surface area contributed by atoms with Gasteiger partial charge in [0.2, 0.25) is 0 Å². The van der Waals surface area contributed by atoms with E-state index in [4.69, 9.17) is 9.98 Å². The summed E-state index contributed by atoms with van der Waals surface area (Å²) in [7, 11) is -3.03. The Morgan fingerprint density at radius 3 is 1.36 bits per heavy atom. The maximum absolute atomic E-state index is 10.9. The van der Waals surface area contributed by atoms with E-state index >= 15 is 0 Å². The first kappa shape index (κ1) is 28.4. The standard InChI is InChI=1S/C30H46N2O2Si2/c1-9-21-15-25(35(3,4)5)17-23(29(21)33)19-31-27-13-11-12-14-28(27)32-20-24-18-26(36(6,7)8)16-22(10-2)30(24)34/h15-20,27-28,33-34H,9-14H2,1-8H3. The van der Waals surface area contributed by atoms with E-state index in [0.717, 1.165) is 60.8 Å². The first-order chi connectivity index (χ1) is 16.8. The van der Waals surface area contributed by atoms with Crippen LogP contribution in [0, 0.1) is 0 Å². The molecular formula is C30H46N2O2Si2. The van der Waals surface area contributed by atoms with Gasteiger partial charge in [0, 0.05) is 23.6 Å². The Hall–Kier alpha value is -2.19. The highest BCUT2D eigenvalue weighted by atomic mass is 28.3. The molecule has 0 spiro atoms. The zero-order valence-electron chi connectivity index (χ0n) is 23.7. The van der Waals surface area contributed by atoms with Crippen LogP contribution in [0.5, 0.6) is 11.5 Å². The van der Waals surface area contributed by atoms with Gasteiger partial charge in [-0.15, -0.1) is 0 Å². The minimum absolute atomic E-state index is 0.0861. The zero-order chi connectivity index (χ0) is 26.7. The van der Waals surface area contributed by atoms with Crippen LogP contribution in [0.25, 0.3) is 0 Å². The third kappa shape index (κ3) is 6.77. The molecule has 2 aromatic rings. The summed E-state index contributed by atoms with van der Waals surface area (Å²) in [5, 5.41) is 24.4. The molecule has 2 aromatic carbocycles. The van der Waals surface area contributed by atoms with E-state index in [2.05, 4.69) is 77.4 Å². The molecule has 2 atom stereocenters. The minimum atomic E-state index is -1.52. The lowest BCUT2D eigenvalue weighted by molar-refractivity contribution is 0.390. The average molecular weight is 523 g/mol. The summed E-state index contributed by atoms with van der Waals surface area (Å²) in [6.07, 6.45) is 9.66. The molecular weight excluding hydrogens is 477 g/mol. The molecule has 0 amide bonds. The number of benzene rings is 2. The smallest absolute Gasteiger partial charge is 0.127 e. The molecule has 0 heterocycles. The molecule has 4 nitrogen and oxygen atoms in total. The van der Waals surface area contributed by atoms with Crippen molar-refractivity contribution >= 4 is 39.0 Å². The Bertz CT molecular complexity index is 1040. The van der Waals surface area contributed by atoms with Crippen LogP contribution in [-0.2, 0) is 12.8 Å². The summed E-state index contributed by atoms with van der Waals surface area (Å²) < 4.78 is 0. The van der Waals surface area contributed by atoms with Crippen molar-refractivity contribution in [1.29, 1.82) is 0 Å². The van der Waals surface area contributed by atoms with Crippen molar-refractivity contribution in [3.8, 4) is 11.5 Å². The summed E-state index contributed by atoms with van der Waals surface area (Å²) in [5.74, 6) is 0.721. The fourth-order valence-corrected chi connectivity index (χ4v) is 7.22. The number of aromatic hydroxyl groups is 2. The van der Waals surface area contributed by atoms with Gasteiger partial charge in [-0.25, -0.2) is 0 Å². The van der Waals surface area contributed by atoms with Crippen LogP contribution in [0.4, 0.5) is 0 Å². The maximum Gasteiger partial charge on any atom is 0.127 e. The second-order valence-corrected chi connectivity index (χ2v) is 22.5. The van der Waals surface area contributed by atoms with E-state index in [-0.39, 0.29) is 12.1 Å². The molecule has 2 unspecified atom stereocenters. The third-order valence-electron chi connectivity index (χ3n) is 7.43. The van der Waals surface area contributed by atoms with Gasteiger partial charge < -0.3 is 10.2 Å². The molecule has 0 saturated heterocycles. The van der Waals surface area contributed by atoms with Crippen LogP contribution in [0.3, 0.4) is 0 Å². The number of aryl methyl sites for hydroxylation is 2. The quantitative estimate of drug-likeness (QED) is 0.322. The monoisotopic (exact) mass is 522 g/mol. The lowest BCUT2D eigenvalue weighted by Gasteiger charge is -2.26. The van der Waals surface area contributed by atoms with Crippen LogP contribution in [0.15, 0.2) is 34.3 Å². The van der Waals surface area contributed by atoms with Crippen molar-refractivity contribution < 1.29 is 10.2 Å². The van der Waals surface area contributed by atoms with Gasteiger partial charge in [-0.1, -0.05) is 101 Å². The Kier molecular flexibility index (Phi) is 9.04. The molecule has 0 bridgehead atoms. The minimum Gasteiger partial charge on any atom is -0.507 e. The predicted octanol–water partition coefficient (Wildman–Crippen LogP) is 6.16. The molecule has 0 radical (unpaired) electrons. The number of phenols is 2. The van der Waals surface area contributed by atoms with Crippen molar-refractivity contribution in [1.82, 2.24) is 0 Å². The molecule has 1 fully saturated rings. The molecule has 3 rings (SSSR count). The summed E-state index contributed by atoms with van der Waals surface area (Å²) in [6, 6.07) is 8.80. The molecule has 2 N–H and O–H groups in total. The van der Waals surface area contributed by atoms with E-state index in [1.807, 2.05) is 12.4 Å². The highest BCUT2D eigenvalue weighted by Crippen LogP contribution is 2.27. The highest BCUT2D eigenvalue weighted by Gasteiger charge is 2.25. The van der Waals surface area contributed by atoms with Crippen LogP contribution < -0.4 is 10.4 Å². The molecule has 36 heavy (non-hydrogen) atoms. The van der Waals surface area contributed by atoms with E-state index < -0.39 is 16.1 Å². The fraction of sp³-hybridized carbons (Fsp3) is 0.533. The molecule has 1 aliphatic rings. The summed E-state index contributed by atoms with van der Waals surface area (Å²) >= 11 is 0. The van der Waals surface area contributed by atoms with Gasteiger partial charge in [0.25, 0.3) is 0 Å². The number of hydrogen-bond donors (Lipinski definition) is 2.